The van der Waals surface area contributed by atoms with Crippen LogP contribution in [-0.4, -0.2) is 49.1 Å². The molecule has 1 aromatic rings. The van der Waals surface area contributed by atoms with Crippen molar-refractivity contribution < 1.29 is 28.2 Å². The summed E-state index contributed by atoms with van der Waals surface area (Å²) in [5.41, 5.74) is -0.201. The Balaban J connectivity index is 1.83. The molecule has 2 fully saturated rings. The van der Waals surface area contributed by atoms with Crippen LogP contribution in [0.5, 0.6) is 0 Å². The van der Waals surface area contributed by atoms with Crippen LogP contribution in [0.1, 0.15) is 38.2 Å². The third-order valence-corrected chi connectivity index (χ3v) is 5.56. The molecule has 2 unspecified atom stereocenters. The maximum absolute atomic E-state index is 14.9. The van der Waals surface area contributed by atoms with Gasteiger partial charge >= 0.3 is 12.1 Å². The van der Waals surface area contributed by atoms with Crippen LogP contribution in [0.15, 0.2) is 30.3 Å². The molecule has 1 aromatic carbocycles. The Bertz CT molecular complexity index is 670. The van der Waals surface area contributed by atoms with Gasteiger partial charge in [0.05, 0.1) is 18.1 Å². The second-order valence-electron chi connectivity index (χ2n) is 7.08. The van der Waals surface area contributed by atoms with Gasteiger partial charge in [0.2, 0.25) is 0 Å². The zero-order chi connectivity index (χ0) is 19.4. The number of alkyl halides is 1. The van der Waals surface area contributed by atoms with Crippen molar-refractivity contribution >= 4 is 12.1 Å². The lowest BCUT2D eigenvalue weighted by Gasteiger charge is -2.48. The number of benzene rings is 1. The van der Waals surface area contributed by atoms with E-state index in [9.17, 15) is 14.0 Å². The Hall–Kier alpha value is -2.15. The molecule has 27 heavy (non-hydrogen) atoms. The van der Waals surface area contributed by atoms with Gasteiger partial charge in [-0.05, 0) is 25.3 Å². The zero-order valence-electron chi connectivity index (χ0n) is 15.7. The molecular weight excluding hydrogens is 353 g/mol. The first-order chi connectivity index (χ1) is 13.0. The van der Waals surface area contributed by atoms with Gasteiger partial charge in [-0.1, -0.05) is 36.8 Å². The standard InChI is InChI=1S/C20H26FNO5/c1-3-26-18(23)20-11-7-10-16(20)22(17(25-2)15(21)12-20)19(24)27-13-14-8-5-4-6-9-14/h4-6,8-9,15-17H,3,7,10-13H2,1-2H3/t15?,16-,17?,20+/m1/s1. The van der Waals surface area contributed by atoms with Gasteiger partial charge in [0, 0.05) is 13.5 Å². The van der Waals surface area contributed by atoms with Crippen molar-refractivity contribution in [1.29, 1.82) is 0 Å². The van der Waals surface area contributed by atoms with Gasteiger partial charge < -0.3 is 14.2 Å². The van der Waals surface area contributed by atoms with E-state index in [0.717, 1.165) is 12.0 Å². The molecule has 0 aromatic heterocycles. The predicted octanol–water partition coefficient (Wildman–Crippen LogP) is 3.44. The van der Waals surface area contributed by atoms with E-state index >= 15 is 0 Å². The average Bonchev–Trinajstić information content (AvgIpc) is 3.10. The van der Waals surface area contributed by atoms with Crippen LogP contribution in [0.3, 0.4) is 0 Å². The number of carbonyl (C=O) groups excluding carboxylic acids is 2. The molecule has 1 saturated heterocycles. The lowest BCUT2D eigenvalue weighted by Crippen LogP contribution is -2.64. The fourth-order valence-electron chi connectivity index (χ4n) is 4.38. The van der Waals surface area contributed by atoms with E-state index in [0.29, 0.717) is 12.8 Å². The van der Waals surface area contributed by atoms with Crippen molar-refractivity contribution in [3.63, 3.8) is 0 Å². The third-order valence-electron chi connectivity index (χ3n) is 5.56. The summed E-state index contributed by atoms with van der Waals surface area (Å²) in [6.07, 6.45) is -1.43. The maximum Gasteiger partial charge on any atom is 0.412 e. The quantitative estimate of drug-likeness (QED) is 0.734. The van der Waals surface area contributed by atoms with E-state index in [2.05, 4.69) is 0 Å². The number of ether oxygens (including phenoxy) is 3. The molecule has 3 rings (SSSR count). The number of esters is 1. The highest BCUT2D eigenvalue weighted by atomic mass is 19.1. The first-order valence-corrected chi connectivity index (χ1v) is 9.36. The fraction of sp³-hybridized carbons (Fsp3) is 0.600. The number of nitrogens with zero attached hydrogens (tertiary/aromatic N) is 1. The Labute approximate surface area is 158 Å². The number of methoxy groups -OCH3 is 1. The molecule has 0 N–H and O–H groups in total. The Morgan fingerprint density at radius 1 is 1.26 bits per heavy atom. The number of hydrogen-bond acceptors (Lipinski definition) is 5. The van der Waals surface area contributed by atoms with E-state index in [1.165, 1.54) is 12.0 Å². The SMILES string of the molecule is CCOC(=O)[C@]12CCC[C@H]1N(C(=O)OCc1ccccc1)C(OC)C(F)C2. The molecule has 1 aliphatic carbocycles. The van der Waals surface area contributed by atoms with Crippen LogP contribution in [0, 0.1) is 5.41 Å². The second kappa shape index (κ2) is 8.25. The van der Waals surface area contributed by atoms with E-state index < -0.39 is 35.9 Å². The van der Waals surface area contributed by atoms with E-state index in [1.54, 1.807) is 6.92 Å². The average molecular weight is 379 g/mol. The minimum atomic E-state index is -1.49. The molecule has 2 aliphatic rings. The number of likely N-dealkylation sites (tertiary alicyclic amines) is 1. The van der Waals surface area contributed by atoms with Crippen LogP contribution in [0.4, 0.5) is 9.18 Å². The van der Waals surface area contributed by atoms with E-state index in [1.807, 2.05) is 30.3 Å². The summed E-state index contributed by atoms with van der Waals surface area (Å²) < 4.78 is 30.9. The van der Waals surface area contributed by atoms with Gasteiger partial charge in [-0.3, -0.25) is 9.69 Å². The van der Waals surface area contributed by atoms with Gasteiger partial charge in [-0.2, -0.15) is 0 Å². The number of fused-ring (bicyclic) bond motifs is 1. The molecule has 0 spiro atoms. The number of hydrogen-bond donors (Lipinski definition) is 0. The van der Waals surface area contributed by atoms with E-state index in [-0.39, 0.29) is 19.6 Å². The predicted molar refractivity (Wildman–Crippen MR) is 95.5 cm³/mol. The van der Waals surface area contributed by atoms with E-state index in [4.69, 9.17) is 14.2 Å². The second-order valence-corrected chi connectivity index (χ2v) is 7.08. The number of halogens is 1. The summed E-state index contributed by atoms with van der Waals surface area (Å²) in [4.78, 5) is 26.8. The summed E-state index contributed by atoms with van der Waals surface area (Å²) in [5.74, 6) is -0.439. The molecule has 7 heteroatoms. The first-order valence-electron chi connectivity index (χ1n) is 9.36. The molecular formula is C20H26FNO5. The molecule has 0 bridgehead atoms. The lowest BCUT2D eigenvalue weighted by molar-refractivity contribution is -0.182. The number of rotatable bonds is 5. The summed E-state index contributed by atoms with van der Waals surface area (Å²) in [6, 6.07) is 8.76. The molecule has 1 amide bonds. The van der Waals surface area contributed by atoms with Gasteiger partial charge in [0.15, 0.2) is 6.23 Å². The van der Waals surface area contributed by atoms with Gasteiger partial charge in [-0.15, -0.1) is 0 Å². The highest BCUT2D eigenvalue weighted by Crippen LogP contribution is 2.51. The van der Waals surface area contributed by atoms with Crippen molar-refractivity contribution in [2.45, 2.75) is 57.7 Å². The van der Waals surface area contributed by atoms with Crippen LogP contribution in [0.25, 0.3) is 0 Å². The molecule has 1 aliphatic heterocycles. The normalized spacial score (nSPS) is 29.9. The molecule has 6 nitrogen and oxygen atoms in total. The summed E-state index contributed by atoms with van der Waals surface area (Å²) >= 11 is 0. The van der Waals surface area contributed by atoms with Crippen molar-refractivity contribution in [1.82, 2.24) is 4.90 Å². The zero-order valence-corrected chi connectivity index (χ0v) is 15.7. The van der Waals surface area contributed by atoms with Crippen molar-refractivity contribution in [2.75, 3.05) is 13.7 Å². The largest absolute Gasteiger partial charge is 0.466 e. The van der Waals surface area contributed by atoms with Crippen molar-refractivity contribution in [2.24, 2.45) is 5.41 Å². The van der Waals surface area contributed by atoms with Gasteiger partial charge in [0.1, 0.15) is 12.8 Å². The maximum atomic E-state index is 14.9. The Morgan fingerprint density at radius 3 is 2.67 bits per heavy atom. The highest BCUT2D eigenvalue weighted by molar-refractivity contribution is 5.80. The van der Waals surface area contributed by atoms with Gasteiger partial charge in [0.25, 0.3) is 0 Å². The monoisotopic (exact) mass is 379 g/mol. The minimum absolute atomic E-state index is 0.00251. The lowest BCUT2D eigenvalue weighted by atomic mass is 9.73. The molecule has 148 valence electrons. The van der Waals surface area contributed by atoms with Gasteiger partial charge in [-0.25, -0.2) is 9.18 Å². The molecule has 1 saturated carbocycles. The first kappa shape index (κ1) is 19.6. The topological polar surface area (TPSA) is 65.1 Å². The Kier molecular flexibility index (Phi) is 5.99. The fourth-order valence-corrected chi connectivity index (χ4v) is 4.38. The smallest absolute Gasteiger partial charge is 0.412 e. The van der Waals surface area contributed by atoms with Crippen molar-refractivity contribution in [3.05, 3.63) is 35.9 Å². The van der Waals surface area contributed by atoms with Crippen LogP contribution >= 0.6 is 0 Å². The number of piperidine rings is 1. The molecule has 4 atom stereocenters. The number of carbonyl (C=O) groups is 2. The highest BCUT2D eigenvalue weighted by Gasteiger charge is 2.61. The van der Waals surface area contributed by atoms with Crippen LogP contribution in [-0.2, 0) is 25.6 Å². The Morgan fingerprint density at radius 2 is 2.00 bits per heavy atom. The number of amides is 1. The summed E-state index contributed by atoms with van der Waals surface area (Å²) in [6.45, 7) is 2.01. The van der Waals surface area contributed by atoms with Crippen LogP contribution in [0.2, 0.25) is 0 Å². The summed E-state index contributed by atoms with van der Waals surface area (Å²) in [5, 5.41) is 0. The molecule has 0 radical (unpaired) electrons. The van der Waals surface area contributed by atoms with Crippen LogP contribution < -0.4 is 0 Å². The van der Waals surface area contributed by atoms with Crippen molar-refractivity contribution in [3.8, 4) is 0 Å². The summed E-state index contributed by atoms with van der Waals surface area (Å²) in [7, 11) is 1.36. The third kappa shape index (κ3) is 3.65. The minimum Gasteiger partial charge on any atom is -0.466 e. The molecule has 1 heterocycles.